The Labute approximate surface area is 206 Å². The van der Waals surface area contributed by atoms with Gasteiger partial charge in [0.2, 0.25) is 0 Å². The third kappa shape index (κ3) is 7.44. The molecule has 0 aliphatic carbocycles. The smallest absolute Gasteiger partial charge is 0.194 e. The number of halogens is 1. The number of thiophene rings is 1. The van der Waals surface area contributed by atoms with Crippen LogP contribution in [0.5, 0.6) is 0 Å². The summed E-state index contributed by atoms with van der Waals surface area (Å²) in [6.07, 6.45) is 4.21. The number of aliphatic imine (C=N–C) groups is 1. The number of piperazine rings is 1. The van der Waals surface area contributed by atoms with Gasteiger partial charge in [-0.15, -0.1) is 35.3 Å². The van der Waals surface area contributed by atoms with Gasteiger partial charge in [0.05, 0.1) is 5.69 Å². The summed E-state index contributed by atoms with van der Waals surface area (Å²) < 4.78 is 4.95. The topological polar surface area (TPSA) is 60.1 Å². The third-order valence-corrected chi connectivity index (χ3v) is 6.81. The highest BCUT2D eigenvalue weighted by atomic mass is 127. The van der Waals surface area contributed by atoms with Crippen LogP contribution in [0.3, 0.4) is 0 Å². The summed E-state index contributed by atoms with van der Waals surface area (Å²) in [5, 5.41) is 9.73. The van der Waals surface area contributed by atoms with Gasteiger partial charge in [-0.2, -0.15) is 0 Å². The average molecular weight is 559 g/mol. The Kier molecular flexibility index (Phi) is 10.1. The van der Waals surface area contributed by atoms with Crippen molar-refractivity contribution >= 4 is 41.3 Å². The molecule has 1 atom stereocenters. The van der Waals surface area contributed by atoms with E-state index in [4.69, 9.17) is 9.52 Å². The number of nitrogens with one attached hydrogen (secondary N) is 1. The quantitative estimate of drug-likeness (QED) is 0.320. The van der Waals surface area contributed by atoms with E-state index >= 15 is 0 Å². The molecule has 2 saturated heterocycles. The zero-order valence-corrected chi connectivity index (χ0v) is 21.6. The predicted octanol–water partition coefficient (Wildman–Crippen LogP) is 3.35. The number of aromatic nitrogens is 1. The van der Waals surface area contributed by atoms with Crippen LogP contribution in [0.4, 0.5) is 0 Å². The van der Waals surface area contributed by atoms with Crippen LogP contribution in [-0.4, -0.2) is 78.2 Å². The maximum absolute atomic E-state index is 5.05. The molecule has 7 nitrogen and oxygen atoms in total. The summed E-state index contributed by atoms with van der Waals surface area (Å²) in [5.41, 5.74) is 1.01. The van der Waals surface area contributed by atoms with Crippen molar-refractivity contribution in [3.8, 4) is 0 Å². The minimum Gasteiger partial charge on any atom is -0.364 e. The molecule has 0 aromatic carbocycles. The Balaban J connectivity index is 0.00000272. The Morgan fingerprint density at radius 3 is 2.77 bits per heavy atom. The molecule has 0 spiro atoms. The lowest BCUT2D eigenvalue weighted by atomic mass is 9.98. The van der Waals surface area contributed by atoms with Crippen LogP contribution in [0.15, 0.2) is 39.4 Å². The van der Waals surface area contributed by atoms with Crippen molar-refractivity contribution in [1.29, 1.82) is 0 Å². The van der Waals surface area contributed by atoms with Crippen LogP contribution in [0.1, 0.15) is 30.3 Å². The van der Waals surface area contributed by atoms with E-state index in [2.05, 4.69) is 49.6 Å². The van der Waals surface area contributed by atoms with Crippen LogP contribution in [-0.2, 0) is 13.1 Å². The fourth-order valence-electron chi connectivity index (χ4n) is 4.37. The van der Waals surface area contributed by atoms with Gasteiger partial charge < -0.3 is 14.7 Å². The van der Waals surface area contributed by atoms with E-state index in [9.17, 15) is 0 Å². The standard InChI is InChI=1S/C22H34N6OS.HI/c1-2-23-22(28-11-9-26(10-12-28)17-20-7-13-29-25-20)24-15-19-5-3-8-27(16-19)18-21-6-4-14-30-21;/h4,6-7,13-14,19H,2-3,5,8-12,15-18H2,1H3,(H,23,24);1H. The van der Waals surface area contributed by atoms with E-state index in [1.165, 1.54) is 24.3 Å². The van der Waals surface area contributed by atoms with Gasteiger partial charge in [0.25, 0.3) is 0 Å². The van der Waals surface area contributed by atoms with Crippen LogP contribution >= 0.6 is 35.3 Å². The van der Waals surface area contributed by atoms with E-state index in [1.807, 2.05) is 17.4 Å². The lowest BCUT2D eigenvalue weighted by Crippen LogP contribution is -2.52. The van der Waals surface area contributed by atoms with Gasteiger partial charge >= 0.3 is 0 Å². The molecular weight excluding hydrogens is 523 g/mol. The van der Waals surface area contributed by atoms with E-state index in [0.29, 0.717) is 5.92 Å². The first kappa shape index (κ1) is 24.5. The van der Waals surface area contributed by atoms with Gasteiger partial charge in [0.1, 0.15) is 6.26 Å². The van der Waals surface area contributed by atoms with Gasteiger partial charge in [-0.25, -0.2) is 0 Å². The lowest BCUT2D eigenvalue weighted by Gasteiger charge is -2.36. The highest BCUT2D eigenvalue weighted by Gasteiger charge is 2.23. The molecule has 2 aromatic rings. The first-order valence-electron chi connectivity index (χ1n) is 11.2. The SMILES string of the molecule is CCNC(=NCC1CCCN(Cc2cccs2)C1)N1CCN(Cc2ccon2)CC1.I. The number of rotatable bonds is 7. The Morgan fingerprint density at radius 2 is 2.06 bits per heavy atom. The normalized spacial score (nSPS) is 21.1. The van der Waals surface area contributed by atoms with E-state index < -0.39 is 0 Å². The molecular formula is C22H35IN6OS. The minimum absolute atomic E-state index is 0. The first-order chi connectivity index (χ1) is 14.8. The number of hydrogen-bond acceptors (Lipinski definition) is 6. The van der Waals surface area contributed by atoms with Gasteiger partial charge in [-0.3, -0.25) is 14.8 Å². The number of hydrogen-bond donors (Lipinski definition) is 1. The van der Waals surface area contributed by atoms with Gasteiger partial charge in [0.15, 0.2) is 5.96 Å². The molecule has 2 aromatic heterocycles. The van der Waals surface area contributed by atoms with Gasteiger partial charge in [-0.05, 0) is 43.7 Å². The maximum Gasteiger partial charge on any atom is 0.194 e. The highest BCUT2D eigenvalue weighted by molar-refractivity contribution is 14.0. The van der Waals surface area contributed by atoms with Crippen molar-refractivity contribution in [3.63, 3.8) is 0 Å². The number of guanidine groups is 1. The van der Waals surface area contributed by atoms with E-state index in [0.717, 1.165) is 70.6 Å². The van der Waals surface area contributed by atoms with Crippen LogP contribution in [0, 0.1) is 5.92 Å². The molecule has 0 amide bonds. The first-order valence-corrected chi connectivity index (χ1v) is 12.1. The summed E-state index contributed by atoms with van der Waals surface area (Å²) in [4.78, 5) is 14.0. The van der Waals surface area contributed by atoms with E-state index in [-0.39, 0.29) is 24.0 Å². The zero-order chi connectivity index (χ0) is 20.6. The Bertz CT molecular complexity index is 761. The third-order valence-electron chi connectivity index (χ3n) is 5.95. The van der Waals surface area contributed by atoms with Crippen molar-refractivity contribution in [1.82, 2.24) is 25.2 Å². The molecule has 31 heavy (non-hydrogen) atoms. The van der Waals surface area contributed by atoms with Gasteiger partial charge in [-0.1, -0.05) is 11.2 Å². The summed E-state index contributed by atoms with van der Waals surface area (Å²) >= 11 is 1.86. The fourth-order valence-corrected chi connectivity index (χ4v) is 5.12. The second kappa shape index (κ2) is 12.8. The van der Waals surface area contributed by atoms with Crippen molar-refractivity contribution in [2.45, 2.75) is 32.9 Å². The molecule has 9 heteroatoms. The fraction of sp³-hybridized carbons (Fsp3) is 0.636. The van der Waals surface area contributed by atoms with Crippen LogP contribution in [0.2, 0.25) is 0 Å². The Hall–Kier alpha value is -1.17. The molecule has 1 N–H and O–H groups in total. The summed E-state index contributed by atoms with van der Waals surface area (Å²) in [6, 6.07) is 6.35. The average Bonchev–Trinajstić information content (AvgIpc) is 3.47. The summed E-state index contributed by atoms with van der Waals surface area (Å²) in [5.74, 6) is 1.73. The number of nitrogens with zero attached hydrogens (tertiary/aromatic N) is 5. The molecule has 172 valence electrons. The zero-order valence-electron chi connectivity index (χ0n) is 18.4. The molecule has 4 rings (SSSR count). The lowest BCUT2D eigenvalue weighted by molar-refractivity contribution is 0.165. The molecule has 2 aliphatic rings. The van der Waals surface area contributed by atoms with Crippen molar-refractivity contribution in [2.75, 3.05) is 52.4 Å². The van der Waals surface area contributed by atoms with Crippen molar-refractivity contribution < 1.29 is 4.52 Å². The molecule has 0 radical (unpaired) electrons. The Morgan fingerprint density at radius 1 is 1.19 bits per heavy atom. The molecule has 0 saturated carbocycles. The summed E-state index contributed by atoms with van der Waals surface area (Å²) in [6.45, 7) is 12.3. The molecule has 2 aliphatic heterocycles. The van der Waals surface area contributed by atoms with Crippen LogP contribution < -0.4 is 5.32 Å². The van der Waals surface area contributed by atoms with E-state index in [1.54, 1.807) is 6.26 Å². The van der Waals surface area contributed by atoms with Crippen molar-refractivity contribution in [2.24, 2.45) is 10.9 Å². The monoisotopic (exact) mass is 558 g/mol. The molecule has 4 heterocycles. The maximum atomic E-state index is 5.05. The van der Waals surface area contributed by atoms with Gasteiger partial charge in [0, 0.05) is 69.8 Å². The van der Waals surface area contributed by atoms with Crippen LogP contribution in [0.25, 0.3) is 0 Å². The molecule has 0 bridgehead atoms. The second-order valence-corrected chi connectivity index (χ2v) is 9.30. The predicted molar refractivity (Wildman–Crippen MR) is 137 cm³/mol. The molecule has 2 fully saturated rings. The largest absolute Gasteiger partial charge is 0.364 e. The van der Waals surface area contributed by atoms with Crippen molar-refractivity contribution in [3.05, 3.63) is 40.4 Å². The second-order valence-electron chi connectivity index (χ2n) is 8.27. The highest BCUT2D eigenvalue weighted by Crippen LogP contribution is 2.21. The summed E-state index contributed by atoms with van der Waals surface area (Å²) in [7, 11) is 0. The minimum atomic E-state index is 0. The number of piperidine rings is 1. The molecule has 1 unspecified atom stereocenters. The number of likely N-dealkylation sites (tertiary alicyclic amines) is 1.